The summed E-state index contributed by atoms with van der Waals surface area (Å²) >= 11 is 0. The number of amides is 1. The monoisotopic (exact) mass is 557 g/mol. The molecule has 0 aromatic heterocycles. The topological polar surface area (TPSA) is 119 Å². The molecule has 0 aliphatic heterocycles. The van der Waals surface area contributed by atoms with Crippen molar-refractivity contribution in [1.82, 2.24) is 5.32 Å². The highest BCUT2D eigenvalue weighted by Gasteiger charge is 2.44. The molecule has 0 saturated heterocycles. The summed E-state index contributed by atoms with van der Waals surface area (Å²) in [5.74, 6) is -2.03. The summed E-state index contributed by atoms with van der Waals surface area (Å²) in [7, 11) is 0. The van der Waals surface area contributed by atoms with E-state index in [9.17, 15) is 24.3 Å². The molecule has 40 heavy (non-hydrogen) atoms. The van der Waals surface area contributed by atoms with E-state index in [1.807, 2.05) is 37.3 Å². The molecular formula is C32H47NO7. The lowest BCUT2D eigenvalue weighted by molar-refractivity contribution is -0.151. The Bertz CT molecular complexity index is 949. The molecule has 0 spiro atoms. The van der Waals surface area contributed by atoms with Gasteiger partial charge < -0.3 is 19.9 Å². The highest BCUT2D eigenvalue weighted by Crippen LogP contribution is 2.45. The molecule has 8 heteroatoms. The molecule has 2 fully saturated rings. The number of nitrogens with one attached hydrogen (secondary N) is 1. The van der Waals surface area contributed by atoms with Crippen LogP contribution in [-0.4, -0.2) is 41.6 Å². The fourth-order valence-corrected chi connectivity index (χ4v) is 6.09. The second kappa shape index (κ2) is 16.4. The minimum atomic E-state index is -0.867. The van der Waals surface area contributed by atoms with E-state index in [0.717, 1.165) is 31.2 Å². The zero-order chi connectivity index (χ0) is 28.8. The van der Waals surface area contributed by atoms with Gasteiger partial charge in [-0.25, -0.2) is 0 Å². The Labute approximate surface area is 238 Å². The number of rotatable bonds is 16. The van der Waals surface area contributed by atoms with Crippen molar-refractivity contribution in [1.29, 1.82) is 0 Å². The number of aliphatic carboxylic acids is 1. The predicted molar refractivity (Wildman–Crippen MR) is 151 cm³/mol. The van der Waals surface area contributed by atoms with Gasteiger partial charge in [-0.2, -0.15) is 0 Å². The largest absolute Gasteiger partial charge is 0.481 e. The predicted octanol–water partition coefficient (Wildman–Crippen LogP) is 5.96. The molecule has 1 aromatic carbocycles. The second-order valence-electron chi connectivity index (χ2n) is 11.7. The van der Waals surface area contributed by atoms with E-state index in [2.05, 4.69) is 5.32 Å². The Morgan fingerprint density at radius 1 is 0.975 bits per heavy atom. The third-order valence-corrected chi connectivity index (χ3v) is 8.59. The van der Waals surface area contributed by atoms with Crippen LogP contribution in [0.15, 0.2) is 30.3 Å². The van der Waals surface area contributed by atoms with Crippen LogP contribution in [0.3, 0.4) is 0 Å². The minimum absolute atomic E-state index is 0.00572. The van der Waals surface area contributed by atoms with E-state index in [4.69, 9.17) is 9.47 Å². The number of esters is 2. The first-order valence-corrected chi connectivity index (χ1v) is 15.2. The van der Waals surface area contributed by atoms with Crippen LogP contribution < -0.4 is 5.32 Å². The van der Waals surface area contributed by atoms with Gasteiger partial charge in [-0.3, -0.25) is 19.2 Å². The molecular weight excluding hydrogens is 510 g/mol. The van der Waals surface area contributed by atoms with Crippen molar-refractivity contribution in [2.45, 2.75) is 116 Å². The maximum absolute atomic E-state index is 13.6. The van der Waals surface area contributed by atoms with Crippen molar-refractivity contribution < 1.29 is 33.8 Å². The van der Waals surface area contributed by atoms with E-state index >= 15 is 0 Å². The van der Waals surface area contributed by atoms with Gasteiger partial charge in [0.15, 0.2) is 0 Å². The number of carboxylic acid groups (broad SMARTS) is 1. The SMILES string of the molecule is CCCCC(=O)OCCCCC(CC1(C(=O)N[C@H]2CC[C@@H](C(=O)OCc3ccccc3)CC2)CCCC1)C(=O)O. The standard InChI is InChI=1S/C32H47NO7/c1-2-3-14-28(34)39-21-10-7-13-26(29(35)36)22-32(19-8-9-20-32)31(38)33-27-17-15-25(16-18-27)30(37)40-23-24-11-5-4-6-12-24/h4-6,11-12,25-27H,2-3,7-10,13-23H2,1H3,(H,33,38)(H,35,36)/t25-,26?,27+. The molecule has 0 bridgehead atoms. The number of hydrogen-bond donors (Lipinski definition) is 2. The van der Waals surface area contributed by atoms with Crippen LogP contribution in [0.1, 0.15) is 109 Å². The molecule has 222 valence electrons. The van der Waals surface area contributed by atoms with Gasteiger partial charge in [-0.05, 0) is 76.2 Å². The molecule has 1 atom stereocenters. The molecule has 2 saturated carbocycles. The van der Waals surface area contributed by atoms with Gasteiger partial charge in [0.05, 0.1) is 23.9 Å². The number of benzene rings is 1. The van der Waals surface area contributed by atoms with Gasteiger partial charge in [0.25, 0.3) is 0 Å². The van der Waals surface area contributed by atoms with E-state index in [-0.39, 0.29) is 36.4 Å². The van der Waals surface area contributed by atoms with Gasteiger partial charge in [0, 0.05) is 12.5 Å². The first-order chi connectivity index (χ1) is 19.3. The summed E-state index contributed by atoms with van der Waals surface area (Å²) in [6, 6.07) is 9.62. The quantitative estimate of drug-likeness (QED) is 0.190. The maximum Gasteiger partial charge on any atom is 0.309 e. The van der Waals surface area contributed by atoms with Crippen LogP contribution >= 0.6 is 0 Å². The highest BCUT2D eigenvalue weighted by atomic mass is 16.5. The van der Waals surface area contributed by atoms with E-state index < -0.39 is 17.3 Å². The lowest BCUT2D eigenvalue weighted by Crippen LogP contribution is -2.47. The summed E-state index contributed by atoms with van der Waals surface area (Å²) in [5, 5.41) is 13.2. The summed E-state index contributed by atoms with van der Waals surface area (Å²) in [4.78, 5) is 49.9. The van der Waals surface area contributed by atoms with Crippen molar-refractivity contribution in [3.8, 4) is 0 Å². The highest BCUT2D eigenvalue weighted by molar-refractivity contribution is 5.84. The third kappa shape index (κ3) is 9.93. The number of unbranched alkanes of at least 4 members (excludes halogenated alkanes) is 2. The smallest absolute Gasteiger partial charge is 0.309 e. The summed E-state index contributed by atoms with van der Waals surface area (Å²) in [6.07, 6.45) is 10.3. The molecule has 0 radical (unpaired) electrons. The van der Waals surface area contributed by atoms with E-state index in [0.29, 0.717) is 77.2 Å². The second-order valence-corrected chi connectivity index (χ2v) is 11.7. The lowest BCUT2D eigenvalue weighted by Gasteiger charge is -2.34. The fraction of sp³-hybridized carbons (Fsp3) is 0.688. The number of carbonyl (C=O) groups is 4. The molecule has 0 heterocycles. The summed E-state index contributed by atoms with van der Waals surface area (Å²) in [6.45, 7) is 2.60. The Balaban J connectivity index is 1.43. The van der Waals surface area contributed by atoms with Gasteiger partial charge in [-0.1, -0.05) is 56.5 Å². The first-order valence-electron chi connectivity index (χ1n) is 15.2. The molecule has 3 rings (SSSR count). The zero-order valence-corrected chi connectivity index (χ0v) is 24.0. The van der Waals surface area contributed by atoms with Crippen molar-refractivity contribution in [3.63, 3.8) is 0 Å². The Kier molecular flexibility index (Phi) is 13.0. The van der Waals surface area contributed by atoms with Gasteiger partial charge >= 0.3 is 17.9 Å². The fourth-order valence-electron chi connectivity index (χ4n) is 6.09. The van der Waals surface area contributed by atoms with Crippen LogP contribution in [0.4, 0.5) is 0 Å². The number of carbonyl (C=O) groups excluding carboxylic acids is 3. The third-order valence-electron chi connectivity index (χ3n) is 8.59. The van der Waals surface area contributed by atoms with E-state index in [1.165, 1.54) is 0 Å². The Hall–Kier alpha value is -2.90. The maximum atomic E-state index is 13.6. The van der Waals surface area contributed by atoms with Crippen molar-refractivity contribution in [3.05, 3.63) is 35.9 Å². The van der Waals surface area contributed by atoms with Gasteiger partial charge in [-0.15, -0.1) is 0 Å². The normalized spacial score (nSPS) is 20.8. The van der Waals surface area contributed by atoms with Gasteiger partial charge in [0.1, 0.15) is 6.61 Å². The van der Waals surface area contributed by atoms with Crippen LogP contribution in [0.25, 0.3) is 0 Å². The Morgan fingerprint density at radius 3 is 2.33 bits per heavy atom. The molecule has 1 amide bonds. The molecule has 2 aliphatic carbocycles. The summed E-state index contributed by atoms with van der Waals surface area (Å²) < 4.78 is 10.8. The molecule has 2 N–H and O–H groups in total. The lowest BCUT2D eigenvalue weighted by atomic mass is 9.75. The molecule has 1 unspecified atom stereocenters. The number of ether oxygens (including phenoxy) is 2. The van der Waals surface area contributed by atoms with Crippen LogP contribution in [0, 0.1) is 17.3 Å². The van der Waals surface area contributed by atoms with Crippen molar-refractivity contribution in [2.24, 2.45) is 17.3 Å². The molecule has 2 aliphatic rings. The summed E-state index contributed by atoms with van der Waals surface area (Å²) in [5.41, 5.74) is 0.311. The number of hydrogen-bond acceptors (Lipinski definition) is 6. The Morgan fingerprint density at radius 2 is 1.68 bits per heavy atom. The average molecular weight is 558 g/mol. The zero-order valence-electron chi connectivity index (χ0n) is 24.0. The van der Waals surface area contributed by atoms with Crippen LogP contribution in [-0.2, 0) is 35.3 Å². The van der Waals surface area contributed by atoms with Crippen LogP contribution in [0.5, 0.6) is 0 Å². The van der Waals surface area contributed by atoms with Crippen molar-refractivity contribution >= 4 is 23.8 Å². The molecule has 8 nitrogen and oxygen atoms in total. The van der Waals surface area contributed by atoms with Crippen molar-refractivity contribution in [2.75, 3.05) is 6.61 Å². The van der Waals surface area contributed by atoms with Gasteiger partial charge in [0.2, 0.25) is 5.91 Å². The van der Waals surface area contributed by atoms with Crippen LogP contribution in [0.2, 0.25) is 0 Å². The average Bonchev–Trinajstić information content (AvgIpc) is 3.45. The minimum Gasteiger partial charge on any atom is -0.481 e. The van der Waals surface area contributed by atoms with E-state index in [1.54, 1.807) is 0 Å². The first kappa shape index (κ1) is 31.6. The molecule has 1 aromatic rings. The number of carboxylic acids is 1.